The van der Waals surface area contributed by atoms with Crippen molar-refractivity contribution in [3.8, 4) is 5.75 Å². The standard InChI is InChI=1S/C23H27N5O2/c1-15-10-12-18(13-11-15)22(29)26-23(25-20-8-6-7-9-21(20)30-5)24-14-19-16(2)27-28(4)17(19)3/h6-13H,14H2,1-5H3,(H2,24,25,26,29). The first kappa shape index (κ1) is 21.1. The predicted molar refractivity (Wildman–Crippen MR) is 119 cm³/mol. The van der Waals surface area contributed by atoms with Gasteiger partial charge in [-0.3, -0.25) is 14.8 Å². The van der Waals surface area contributed by atoms with E-state index in [-0.39, 0.29) is 5.91 Å². The number of aromatic nitrogens is 2. The van der Waals surface area contributed by atoms with E-state index in [2.05, 4.69) is 20.7 Å². The highest BCUT2D eigenvalue weighted by molar-refractivity contribution is 6.10. The molecule has 1 heterocycles. The van der Waals surface area contributed by atoms with Gasteiger partial charge in [0.1, 0.15) is 5.75 Å². The highest BCUT2D eigenvalue weighted by atomic mass is 16.5. The van der Waals surface area contributed by atoms with Gasteiger partial charge in [-0.15, -0.1) is 0 Å². The number of ether oxygens (including phenoxy) is 1. The van der Waals surface area contributed by atoms with Crippen LogP contribution in [0.2, 0.25) is 0 Å². The Balaban J connectivity index is 1.89. The molecule has 2 aromatic carbocycles. The largest absolute Gasteiger partial charge is 0.495 e. The first-order valence-corrected chi connectivity index (χ1v) is 9.70. The normalized spacial score (nSPS) is 11.3. The van der Waals surface area contributed by atoms with Crippen molar-refractivity contribution in [2.24, 2.45) is 12.0 Å². The third-order valence-electron chi connectivity index (χ3n) is 4.96. The molecule has 7 nitrogen and oxygen atoms in total. The molecular weight excluding hydrogens is 378 g/mol. The number of carbonyl (C=O) groups excluding carboxylic acids is 1. The van der Waals surface area contributed by atoms with Crippen molar-refractivity contribution in [2.45, 2.75) is 27.3 Å². The van der Waals surface area contributed by atoms with E-state index in [0.717, 1.165) is 22.5 Å². The zero-order valence-electron chi connectivity index (χ0n) is 18.0. The molecule has 2 N–H and O–H groups in total. The van der Waals surface area contributed by atoms with Gasteiger partial charge in [0.2, 0.25) is 5.96 Å². The minimum absolute atomic E-state index is 0.240. The van der Waals surface area contributed by atoms with E-state index in [1.165, 1.54) is 0 Å². The van der Waals surface area contributed by atoms with Crippen LogP contribution in [0.3, 0.4) is 0 Å². The number of aliphatic imine (C=N–C) groups is 1. The van der Waals surface area contributed by atoms with Gasteiger partial charge < -0.3 is 10.1 Å². The molecule has 7 heteroatoms. The second kappa shape index (κ2) is 9.26. The van der Waals surface area contributed by atoms with Gasteiger partial charge in [0, 0.05) is 23.9 Å². The third kappa shape index (κ3) is 4.86. The zero-order valence-corrected chi connectivity index (χ0v) is 18.0. The molecule has 0 aliphatic carbocycles. The van der Waals surface area contributed by atoms with Crippen molar-refractivity contribution in [1.29, 1.82) is 0 Å². The van der Waals surface area contributed by atoms with Crippen molar-refractivity contribution in [3.05, 3.63) is 76.6 Å². The van der Waals surface area contributed by atoms with Gasteiger partial charge >= 0.3 is 0 Å². The Kier molecular flexibility index (Phi) is 6.51. The van der Waals surface area contributed by atoms with Crippen LogP contribution < -0.4 is 15.4 Å². The van der Waals surface area contributed by atoms with Crippen LogP contribution in [0.5, 0.6) is 5.75 Å². The Morgan fingerprint density at radius 2 is 1.80 bits per heavy atom. The lowest BCUT2D eigenvalue weighted by molar-refractivity contribution is 0.0977. The van der Waals surface area contributed by atoms with Crippen LogP contribution in [0, 0.1) is 20.8 Å². The minimum Gasteiger partial charge on any atom is -0.495 e. The van der Waals surface area contributed by atoms with Gasteiger partial charge in [-0.2, -0.15) is 5.10 Å². The maximum Gasteiger partial charge on any atom is 0.257 e. The number of hydrogen-bond acceptors (Lipinski definition) is 4. The first-order valence-electron chi connectivity index (χ1n) is 9.70. The van der Waals surface area contributed by atoms with Crippen LogP contribution in [-0.4, -0.2) is 28.8 Å². The lowest BCUT2D eigenvalue weighted by atomic mass is 10.1. The molecular formula is C23H27N5O2. The van der Waals surface area contributed by atoms with Crippen molar-refractivity contribution >= 4 is 17.6 Å². The lowest BCUT2D eigenvalue weighted by Crippen LogP contribution is -2.36. The number of hydrogen-bond donors (Lipinski definition) is 2. The van der Waals surface area contributed by atoms with Crippen LogP contribution in [0.15, 0.2) is 53.5 Å². The summed E-state index contributed by atoms with van der Waals surface area (Å²) in [7, 11) is 3.51. The van der Waals surface area contributed by atoms with Crippen LogP contribution >= 0.6 is 0 Å². The average molecular weight is 406 g/mol. The molecule has 1 aromatic heterocycles. The van der Waals surface area contributed by atoms with E-state index in [9.17, 15) is 4.79 Å². The summed E-state index contributed by atoms with van der Waals surface area (Å²) >= 11 is 0. The molecule has 3 aromatic rings. The Morgan fingerprint density at radius 3 is 2.43 bits per heavy atom. The van der Waals surface area contributed by atoms with Crippen LogP contribution in [0.25, 0.3) is 0 Å². The predicted octanol–water partition coefficient (Wildman–Crippen LogP) is 3.75. The molecule has 3 rings (SSSR count). The molecule has 0 aliphatic rings. The van der Waals surface area contributed by atoms with Gasteiger partial charge in [-0.25, -0.2) is 4.99 Å². The van der Waals surface area contributed by atoms with Crippen molar-refractivity contribution in [1.82, 2.24) is 15.1 Å². The topological polar surface area (TPSA) is 80.5 Å². The van der Waals surface area contributed by atoms with Gasteiger partial charge in [-0.05, 0) is 45.0 Å². The van der Waals surface area contributed by atoms with Gasteiger partial charge in [0.15, 0.2) is 0 Å². The third-order valence-corrected chi connectivity index (χ3v) is 4.96. The van der Waals surface area contributed by atoms with Crippen molar-refractivity contribution < 1.29 is 9.53 Å². The number of rotatable bonds is 5. The molecule has 0 saturated heterocycles. The Morgan fingerprint density at radius 1 is 1.10 bits per heavy atom. The fourth-order valence-electron chi connectivity index (χ4n) is 3.07. The summed E-state index contributed by atoms with van der Waals surface area (Å²) in [6.07, 6.45) is 0. The van der Waals surface area contributed by atoms with E-state index < -0.39 is 0 Å². The van der Waals surface area contributed by atoms with E-state index >= 15 is 0 Å². The smallest absolute Gasteiger partial charge is 0.257 e. The second-order valence-electron chi connectivity index (χ2n) is 7.08. The Labute approximate surface area is 176 Å². The quantitative estimate of drug-likeness (QED) is 0.500. The summed E-state index contributed by atoms with van der Waals surface area (Å²) in [6, 6.07) is 14.9. The number of carbonyl (C=O) groups is 1. The van der Waals surface area contributed by atoms with Crippen LogP contribution in [0.4, 0.5) is 5.69 Å². The first-order chi connectivity index (χ1) is 14.4. The molecule has 156 valence electrons. The molecule has 0 fully saturated rings. The van der Waals surface area contributed by atoms with E-state index in [4.69, 9.17) is 4.74 Å². The SMILES string of the molecule is COc1ccccc1NC(=NCc1c(C)nn(C)c1C)NC(=O)c1ccc(C)cc1. The number of aryl methyl sites for hydroxylation is 3. The highest BCUT2D eigenvalue weighted by Gasteiger charge is 2.13. The number of para-hydroxylation sites is 2. The van der Waals surface area contributed by atoms with Crippen LogP contribution in [-0.2, 0) is 13.6 Å². The fraction of sp³-hybridized carbons (Fsp3) is 0.261. The van der Waals surface area contributed by atoms with Crippen LogP contribution in [0.1, 0.15) is 32.9 Å². The minimum atomic E-state index is -0.240. The molecule has 1 amide bonds. The molecule has 0 aliphatic heterocycles. The van der Waals surface area contributed by atoms with E-state index in [0.29, 0.717) is 29.5 Å². The molecule has 30 heavy (non-hydrogen) atoms. The number of methoxy groups -OCH3 is 1. The number of guanidine groups is 1. The average Bonchev–Trinajstić information content (AvgIpc) is 2.98. The molecule has 0 radical (unpaired) electrons. The number of amides is 1. The maximum atomic E-state index is 12.8. The summed E-state index contributed by atoms with van der Waals surface area (Å²) in [5, 5.41) is 10.5. The molecule has 0 unspecified atom stereocenters. The zero-order chi connectivity index (χ0) is 21.7. The number of anilines is 1. The summed E-state index contributed by atoms with van der Waals surface area (Å²) in [5.74, 6) is 0.757. The lowest BCUT2D eigenvalue weighted by Gasteiger charge is -2.14. The molecule has 0 bridgehead atoms. The highest BCUT2D eigenvalue weighted by Crippen LogP contribution is 2.23. The molecule has 0 saturated carbocycles. The van der Waals surface area contributed by atoms with Gasteiger partial charge in [0.25, 0.3) is 5.91 Å². The summed E-state index contributed by atoms with van der Waals surface area (Å²) in [5.41, 5.74) is 5.35. The maximum absolute atomic E-state index is 12.8. The second-order valence-corrected chi connectivity index (χ2v) is 7.08. The van der Waals surface area contributed by atoms with E-state index in [1.807, 2.05) is 68.9 Å². The summed E-state index contributed by atoms with van der Waals surface area (Å²) in [4.78, 5) is 17.4. The van der Waals surface area contributed by atoms with E-state index in [1.54, 1.807) is 19.2 Å². The Bertz CT molecular complexity index is 1070. The van der Waals surface area contributed by atoms with Gasteiger partial charge in [0.05, 0.1) is 25.0 Å². The molecule has 0 spiro atoms. The summed E-state index contributed by atoms with van der Waals surface area (Å²) < 4.78 is 7.24. The van der Waals surface area contributed by atoms with Crippen molar-refractivity contribution in [3.63, 3.8) is 0 Å². The molecule has 0 atom stereocenters. The fourth-order valence-corrected chi connectivity index (χ4v) is 3.07. The number of nitrogens with one attached hydrogen (secondary N) is 2. The van der Waals surface area contributed by atoms with Crippen molar-refractivity contribution in [2.75, 3.05) is 12.4 Å². The monoisotopic (exact) mass is 405 g/mol. The van der Waals surface area contributed by atoms with Gasteiger partial charge in [-0.1, -0.05) is 29.8 Å². The summed E-state index contributed by atoms with van der Waals surface area (Å²) in [6.45, 7) is 6.33. The number of nitrogens with zero attached hydrogens (tertiary/aromatic N) is 3. The Hall–Kier alpha value is -3.61. The number of benzene rings is 2.